The first kappa shape index (κ1) is 8.16. The lowest BCUT2D eigenvalue weighted by atomic mass is 10.3. The van der Waals surface area contributed by atoms with E-state index in [-0.39, 0.29) is 6.10 Å². The molecular formula is C8H12N2OS. The molecule has 0 bridgehead atoms. The smallest absolute Gasteiger partial charge is 0.106 e. The van der Waals surface area contributed by atoms with Crippen LogP contribution in [0.25, 0.3) is 0 Å². The molecule has 66 valence electrons. The summed E-state index contributed by atoms with van der Waals surface area (Å²) in [6.45, 7) is 4.71. The summed E-state index contributed by atoms with van der Waals surface area (Å²) in [4.78, 5) is 5.44. The average molecular weight is 184 g/mol. The highest BCUT2D eigenvalue weighted by molar-refractivity contribution is 7.11. The maximum Gasteiger partial charge on any atom is 0.106 e. The molecule has 1 N–H and O–H groups in total. The molecule has 0 aliphatic carbocycles. The monoisotopic (exact) mass is 184 g/mol. The highest BCUT2D eigenvalue weighted by Gasteiger charge is 2.17. The summed E-state index contributed by atoms with van der Waals surface area (Å²) in [5.41, 5.74) is 0. The van der Waals surface area contributed by atoms with E-state index in [1.165, 1.54) is 4.88 Å². The highest BCUT2D eigenvalue weighted by atomic mass is 32.1. The second-order valence-corrected chi connectivity index (χ2v) is 4.11. The Morgan fingerprint density at radius 2 is 2.67 bits per heavy atom. The Morgan fingerprint density at radius 1 is 1.75 bits per heavy atom. The second kappa shape index (κ2) is 3.51. The van der Waals surface area contributed by atoms with Gasteiger partial charge in [-0.2, -0.15) is 0 Å². The molecule has 1 fully saturated rings. The minimum atomic E-state index is 0.227. The lowest BCUT2D eigenvalue weighted by molar-refractivity contribution is 0.0298. The molecule has 1 atom stereocenters. The number of rotatable bonds is 1. The number of ether oxygens (including phenoxy) is 1. The fourth-order valence-electron chi connectivity index (χ4n) is 1.27. The Hall–Kier alpha value is -0.450. The first-order valence-electron chi connectivity index (χ1n) is 4.11. The lowest BCUT2D eigenvalue weighted by Crippen LogP contribution is -2.32. The van der Waals surface area contributed by atoms with E-state index < -0.39 is 0 Å². The summed E-state index contributed by atoms with van der Waals surface area (Å²) in [6, 6.07) is 0. The Balaban J connectivity index is 2.08. The summed E-state index contributed by atoms with van der Waals surface area (Å²) in [5, 5.41) is 4.41. The molecule has 1 unspecified atom stereocenters. The molecule has 4 heteroatoms. The third-order valence-corrected chi connectivity index (χ3v) is 2.89. The minimum Gasteiger partial charge on any atom is -0.370 e. The van der Waals surface area contributed by atoms with Crippen LogP contribution >= 0.6 is 11.3 Å². The van der Waals surface area contributed by atoms with Gasteiger partial charge in [-0.05, 0) is 6.92 Å². The van der Waals surface area contributed by atoms with Gasteiger partial charge in [0.25, 0.3) is 0 Å². The minimum absolute atomic E-state index is 0.227. The van der Waals surface area contributed by atoms with Crippen LogP contribution in [0.3, 0.4) is 0 Å². The average Bonchev–Trinajstić information content (AvgIpc) is 2.54. The summed E-state index contributed by atoms with van der Waals surface area (Å²) in [6.07, 6.45) is 2.14. The molecule has 1 aromatic heterocycles. The molecule has 2 heterocycles. The predicted molar refractivity (Wildman–Crippen MR) is 48.4 cm³/mol. The van der Waals surface area contributed by atoms with E-state index in [9.17, 15) is 0 Å². The van der Waals surface area contributed by atoms with Gasteiger partial charge < -0.3 is 10.1 Å². The maximum absolute atomic E-state index is 5.59. The molecule has 3 nitrogen and oxygen atoms in total. The van der Waals surface area contributed by atoms with Crippen LogP contribution in [0.5, 0.6) is 0 Å². The van der Waals surface area contributed by atoms with Gasteiger partial charge in [0.15, 0.2) is 0 Å². The van der Waals surface area contributed by atoms with Crippen LogP contribution in [-0.2, 0) is 4.74 Å². The van der Waals surface area contributed by atoms with Gasteiger partial charge in [0.1, 0.15) is 6.10 Å². The van der Waals surface area contributed by atoms with E-state index in [1.54, 1.807) is 11.3 Å². The molecule has 2 rings (SSSR count). The zero-order chi connectivity index (χ0) is 8.39. The molecule has 1 aliphatic rings. The van der Waals surface area contributed by atoms with E-state index >= 15 is 0 Å². The number of thiazole rings is 1. The second-order valence-electron chi connectivity index (χ2n) is 2.85. The van der Waals surface area contributed by atoms with Crippen molar-refractivity contribution in [3.05, 3.63) is 16.1 Å². The largest absolute Gasteiger partial charge is 0.370 e. The van der Waals surface area contributed by atoms with Crippen molar-refractivity contribution in [2.24, 2.45) is 0 Å². The SMILES string of the molecule is Cc1ncc(C2CNCCO2)s1. The molecule has 0 aromatic carbocycles. The summed E-state index contributed by atoms with van der Waals surface area (Å²) in [7, 11) is 0. The molecule has 0 radical (unpaired) electrons. The molecule has 0 saturated carbocycles. The van der Waals surface area contributed by atoms with E-state index in [4.69, 9.17) is 4.74 Å². The standard InChI is InChI=1S/C8H12N2OS/c1-6-10-5-8(12-6)7-4-9-2-3-11-7/h5,7,9H,2-4H2,1H3. The van der Waals surface area contributed by atoms with Gasteiger partial charge in [0.05, 0.1) is 16.5 Å². The van der Waals surface area contributed by atoms with Crippen LogP contribution in [0.2, 0.25) is 0 Å². The van der Waals surface area contributed by atoms with Crippen LogP contribution in [0.15, 0.2) is 6.20 Å². The van der Waals surface area contributed by atoms with Crippen molar-refractivity contribution >= 4 is 11.3 Å². The fraction of sp³-hybridized carbons (Fsp3) is 0.625. The number of aromatic nitrogens is 1. The Labute approximate surface area is 75.8 Å². The summed E-state index contributed by atoms with van der Waals surface area (Å²) in [5.74, 6) is 0. The van der Waals surface area contributed by atoms with Crippen molar-refractivity contribution in [1.82, 2.24) is 10.3 Å². The maximum atomic E-state index is 5.59. The molecule has 12 heavy (non-hydrogen) atoms. The number of nitrogens with zero attached hydrogens (tertiary/aromatic N) is 1. The number of aryl methyl sites for hydroxylation is 1. The van der Waals surface area contributed by atoms with Gasteiger partial charge in [0, 0.05) is 19.3 Å². The van der Waals surface area contributed by atoms with Crippen molar-refractivity contribution in [1.29, 1.82) is 0 Å². The topological polar surface area (TPSA) is 34.2 Å². The van der Waals surface area contributed by atoms with Crippen LogP contribution in [0.4, 0.5) is 0 Å². The molecule has 1 aliphatic heterocycles. The van der Waals surface area contributed by atoms with Crippen LogP contribution < -0.4 is 5.32 Å². The lowest BCUT2D eigenvalue weighted by Gasteiger charge is -2.21. The molecule has 0 spiro atoms. The van der Waals surface area contributed by atoms with Crippen LogP contribution in [0, 0.1) is 6.92 Å². The zero-order valence-corrected chi connectivity index (χ0v) is 7.86. The van der Waals surface area contributed by atoms with Crippen molar-refractivity contribution in [3.8, 4) is 0 Å². The van der Waals surface area contributed by atoms with E-state index in [0.717, 1.165) is 24.7 Å². The van der Waals surface area contributed by atoms with Crippen LogP contribution in [-0.4, -0.2) is 24.7 Å². The van der Waals surface area contributed by atoms with Gasteiger partial charge in [-0.25, -0.2) is 4.98 Å². The summed E-state index contributed by atoms with van der Waals surface area (Å²) >= 11 is 1.72. The van der Waals surface area contributed by atoms with Crippen molar-refractivity contribution in [2.75, 3.05) is 19.7 Å². The molecule has 1 saturated heterocycles. The van der Waals surface area contributed by atoms with E-state index in [2.05, 4.69) is 10.3 Å². The summed E-state index contributed by atoms with van der Waals surface area (Å²) < 4.78 is 5.59. The molecule has 0 amide bonds. The quantitative estimate of drug-likeness (QED) is 0.710. The number of hydrogen-bond donors (Lipinski definition) is 1. The third-order valence-electron chi connectivity index (χ3n) is 1.88. The van der Waals surface area contributed by atoms with Gasteiger partial charge in [-0.3, -0.25) is 0 Å². The zero-order valence-electron chi connectivity index (χ0n) is 7.04. The first-order chi connectivity index (χ1) is 5.86. The Kier molecular flexibility index (Phi) is 2.39. The Bertz CT molecular complexity index is 255. The van der Waals surface area contributed by atoms with Gasteiger partial charge in [0.2, 0.25) is 0 Å². The van der Waals surface area contributed by atoms with Gasteiger partial charge >= 0.3 is 0 Å². The van der Waals surface area contributed by atoms with Gasteiger partial charge in [-0.1, -0.05) is 0 Å². The number of hydrogen-bond acceptors (Lipinski definition) is 4. The number of nitrogens with one attached hydrogen (secondary N) is 1. The molecular weight excluding hydrogens is 172 g/mol. The van der Waals surface area contributed by atoms with E-state index in [0.29, 0.717) is 0 Å². The number of morpholine rings is 1. The highest BCUT2D eigenvalue weighted by Crippen LogP contribution is 2.23. The predicted octanol–water partition coefficient (Wildman–Crippen LogP) is 1.11. The van der Waals surface area contributed by atoms with Crippen molar-refractivity contribution in [2.45, 2.75) is 13.0 Å². The fourth-order valence-corrected chi connectivity index (χ4v) is 2.11. The third kappa shape index (κ3) is 1.65. The Morgan fingerprint density at radius 3 is 3.25 bits per heavy atom. The van der Waals surface area contributed by atoms with Gasteiger partial charge in [-0.15, -0.1) is 11.3 Å². The van der Waals surface area contributed by atoms with Crippen molar-refractivity contribution in [3.63, 3.8) is 0 Å². The van der Waals surface area contributed by atoms with Crippen molar-refractivity contribution < 1.29 is 4.74 Å². The first-order valence-corrected chi connectivity index (χ1v) is 4.92. The van der Waals surface area contributed by atoms with E-state index in [1.807, 2.05) is 13.1 Å². The molecule has 1 aromatic rings. The normalized spacial score (nSPS) is 24.2. The van der Waals surface area contributed by atoms with Crippen LogP contribution in [0.1, 0.15) is 16.0 Å².